The molecular weight excluding hydrogens is 406 g/mol. The Bertz CT molecular complexity index is 924. The van der Waals surface area contributed by atoms with E-state index in [0.717, 1.165) is 4.47 Å². The Hall–Kier alpha value is -1.90. The maximum atomic E-state index is 3.79. The zero-order chi connectivity index (χ0) is 19.8. The van der Waals surface area contributed by atoms with Gasteiger partial charge in [-0.15, -0.1) is 0 Å². The van der Waals surface area contributed by atoms with Crippen LogP contribution in [0.4, 0.5) is 0 Å². The van der Waals surface area contributed by atoms with Crippen molar-refractivity contribution in [2.75, 3.05) is 0 Å². The SMILES string of the molecule is CC(C)(C)c1ccc(-c2cccc(Br)c2-c2ccc(C(C)(C)C)cc2)cc1.[N]. The van der Waals surface area contributed by atoms with Gasteiger partial charge in [0.1, 0.15) is 0 Å². The van der Waals surface area contributed by atoms with Crippen molar-refractivity contribution in [3.63, 3.8) is 0 Å². The maximum Gasteiger partial charge on any atom is 0.0259 e. The van der Waals surface area contributed by atoms with E-state index in [0.29, 0.717) is 0 Å². The van der Waals surface area contributed by atoms with E-state index in [1.165, 1.54) is 33.4 Å². The van der Waals surface area contributed by atoms with Crippen LogP contribution in [0.1, 0.15) is 52.7 Å². The highest BCUT2D eigenvalue weighted by Crippen LogP contribution is 2.39. The average Bonchev–Trinajstić information content (AvgIpc) is 2.60. The molecule has 3 radical (unpaired) electrons. The number of nitrogens with zero attached hydrogens (tertiary/aromatic N) is 1. The summed E-state index contributed by atoms with van der Waals surface area (Å²) >= 11 is 3.79. The summed E-state index contributed by atoms with van der Waals surface area (Å²) in [5.41, 5.74) is 8.05. The van der Waals surface area contributed by atoms with Crippen LogP contribution in [0.3, 0.4) is 0 Å². The van der Waals surface area contributed by atoms with Crippen molar-refractivity contribution < 1.29 is 0 Å². The fraction of sp³-hybridized carbons (Fsp3) is 0.308. The van der Waals surface area contributed by atoms with E-state index < -0.39 is 0 Å². The summed E-state index contributed by atoms with van der Waals surface area (Å²) in [6, 6.07) is 24.4. The van der Waals surface area contributed by atoms with Gasteiger partial charge in [-0.25, -0.2) is 0 Å². The van der Waals surface area contributed by atoms with Crippen LogP contribution in [-0.4, -0.2) is 0 Å². The van der Waals surface area contributed by atoms with Crippen LogP contribution < -0.4 is 6.15 Å². The van der Waals surface area contributed by atoms with Gasteiger partial charge in [-0.1, -0.05) is 118 Å². The van der Waals surface area contributed by atoms with Crippen LogP contribution >= 0.6 is 15.9 Å². The van der Waals surface area contributed by atoms with E-state index in [9.17, 15) is 0 Å². The van der Waals surface area contributed by atoms with E-state index in [4.69, 9.17) is 0 Å². The average molecular weight is 435 g/mol. The third-order valence-electron chi connectivity index (χ3n) is 5.12. The van der Waals surface area contributed by atoms with Crippen LogP contribution in [-0.2, 0) is 10.8 Å². The van der Waals surface area contributed by atoms with E-state index in [-0.39, 0.29) is 17.0 Å². The molecule has 0 amide bonds. The largest absolute Gasteiger partial charge is 0.0605 e. The lowest BCUT2D eigenvalue weighted by atomic mass is 9.84. The molecule has 2 heteroatoms. The van der Waals surface area contributed by atoms with Crippen LogP contribution in [0.25, 0.3) is 22.3 Å². The molecule has 28 heavy (non-hydrogen) atoms. The molecule has 0 bridgehead atoms. The predicted octanol–water partition coefficient (Wildman–Crippen LogP) is 7.90. The lowest BCUT2D eigenvalue weighted by molar-refractivity contribution is 0.590. The summed E-state index contributed by atoms with van der Waals surface area (Å²) in [5.74, 6) is 0. The number of halogens is 1. The minimum Gasteiger partial charge on any atom is -0.0605 e. The number of benzene rings is 3. The van der Waals surface area contributed by atoms with Crippen LogP contribution in [0, 0.1) is 0 Å². The van der Waals surface area contributed by atoms with Crippen molar-refractivity contribution >= 4 is 15.9 Å². The molecular formula is C26H29BrN. The summed E-state index contributed by atoms with van der Waals surface area (Å²) in [6.45, 7) is 13.5. The zero-order valence-corrected chi connectivity index (χ0v) is 19.3. The molecule has 0 fully saturated rings. The van der Waals surface area contributed by atoms with E-state index in [1.54, 1.807) is 0 Å². The molecule has 3 aromatic carbocycles. The lowest BCUT2D eigenvalue weighted by Gasteiger charge is -2.21. The Kier molecular flexibility index (Phi) is 6.58. The molecule has 0 aromatic heterocycles. The van der Waals surface area contributed by atoms with Gasteiger partial charge in [0.05, 0.1) is 0 Å². The van der Waals surface area contributed by atoms with Crippen molar-refractivity contribution in [3.8, 4) is 22.3 Å². The molecule has 0 aliphatic heterocycles. The molecule has 0 aliphatic carbocycles. The zero-order valence-electron chi connectivity index (χ0n) is 17.7. The molecule has 0 aliphatic rings. The monoisotopic (exact) mass is 434 g/mol. The molecule has 0 saturated carbocycles. The topological polar surface area (TPSA) is 30.5 Å². The van der Waals surface area contributed by atoms with Gasteiger partial charge in [0, 0.05) is 16.2 Å². The summed E-state index contributed by atoms with van der Waals surface area (Å²) in [6.07, 6.45) is 0. The van der Waals surface area contributed by atoms with Gasteiger partial charge in [-0.3, -0.25) is 0 Å². The Labute approximate surface area is 178 Å². The first kappa shape index (κ1) is 22.4. The minimum absolute atomic E-state index is 0. The Morgan fingerprint density at radius 2 is 1.00 bits per heavy atom. The molecule has 3 aromatic rings. The molecule has 1 nitrogen and oxygen atoms in total. The minimum atomic E-state index is 0. The van der Waals surface area contributed by atoms with Crippen LogP contribution in [0.2, 0.25) is 0 Å². The van der Waals surface area contributed by atoms with Crippen molar-refractivity contribution in [1.82, 2.24) is 6.15 Å². The van der Waals surface area contributed by atoms with Crippen molar-refractivity contribution in [1.29, 1.82) is 0 Å². The van der Waals surface area contributed by atoms with Crippen molar-refractivity contribution in [2.24, 2.45) is 0 Å². The first-order valence-corrected chi connectivity index (χ1v) is 10.4. The fourth-order valence-corrected chi connectivity index (χ4v) is 3.94. The second kappa shape index (κ2) is 8.23. The summed E-state index contributed by atoms with van der Waals surface area (Å²) in [4.78, 5) is 0. The van der Waals surface area contributed by atoms with Crippen molar-refractivity contribution in [3.05, 3.63) is 82.3 Å². The van der Waals surface area contributed by atoms with Crippen molar-refractivity contribution in [2.45, 2.75) is 52.4 Å². The highest BCUT2D eigenvalue weighted by molar-refractivity contribution is 9.10. The lowest BCUT2D eigenvalue weighted by Crippen LogP contribution is -2.10. The van der Waals surface area contributed by atoms with E-state index in [2.05, 4.69) is 124 Å². The molecule has 145 valence electrons. The normalized spacial score (nSPS) is 11.8. The first-order chi connectivity index (χ1) is 12.6. The van der Waals surface area contributed by atoms with Crippen LogP contribution in [0.5, 0.6) is 0 Å². The summed E-state index contributed by atoms with van der Waals surface area (Å²) in [7, 11) is 0. The van der Waals surface area contributed by atoms with Gasteiger partial charge in [0.15, 0.2) is 0 Å². The van der Waals surface area contributed by atoms with Gasteiger partial charge in [0.2, 0.25) is 0 Å². The molecule has 0 atom stereocenters. The van der Waals surface area contributed by atoms with E-state index in [1.807, 2.05) is 0 Å². The third-order valence-corrected chi connectivity index (χ3v) is 5.78. The number of hydrogen-bond donors (Lipinski definition) is 0. The van der Waals surface area contributed by atoms with Gasteiger partial charge < -0.3 is 0 Å². The Balaban J connectivity index is 0.00000280. The Morgan fingerprint density at radius 3 is 1.43 bits per heavy atom. The number of rotatable bonds is 2. The molecule has 0 spiro atoms. The van der Waals surface area contributed by atoms with Gasteiger partial charge in [0.25, 0.3) is 0 Å². The fourth-order valence-electron chi connectivity index (χ4n) is 3.34. The highest BCUT2D eigenvalue weighted by atomic mass is 79.9. The van der Waals surface area contributed by atoms with Gasteiger partial charge in [-0.2, -0.15) is 0 Å². The summed E-state index contributed by atoms with van der Waals surface area (Å²) in [5, 5.41) is 0. The Morgan fingerprint density at radius 1 is 0.571 bits per heavy atom. The first-order valence-electron chi connectivity index (χ1n) is 9.58. The molecule has 0 saturated heterocycles. The smallest absolute Gasteiger partial charge is 0.0259 e. The molecule has 0 unspecified atom stereocenters. The molecule has 0 N–H and O–H groups in total. The van der Waals surface area contributed by atoms with Gasteiger partial charge in [-0.05, 0) is 44.7 Å². The highest BCUT2D eigenvalue weighted by Gasteiger charge is 2.17. The second-order valence-corrected chi connectivity index (χ2v) is 10.2. The summed E-state index contributed by atoms with van der Waals surface area (Å²) < 4.78 is 1.13. The molecule has 3 rings (SSSR count). The van der Waals surface area contributed by atoms with Crippen LogP contribution in [0.15, 0.2) is 71.2 Å². The number of hydrogen-bond acceptors (Lipinski definition) is 0. The standard InChI is InChI=1S/C26H29Br.N/c1-25(2,3)20-14-10-18(11-15-20)22-8-7-9-23(27)24(22)19-12-16-21(17-13-19)26(4,5)6;/h7-17H,1-6H3;. The second-order valence-electron chi connectivity index (χ2n) is 9.32. The van der Waals surface area contributed by atoms with Gasteiger partial charge >= 0.3 is 0 Å². The maximum absolute atomic E-state index is 3.79. The third kappa shape index (κ3) is 4.74. The quantitative estimate of drug-likeness (QED) is 0.392. The molecule has 0 heterocycles. The predicted molar refractivity (Wildman–Crippen MR) is 125 cm³/mol. The van der Waals surface area contributed by atoms with E-state index >= 15 is 0 Å².